The Kier molecular flexibility index (Phi) is 6.14. The summed E-state index contributed by atoms with van der Waals surface area (Å²) in [5.41, 5.74) is 0.630. The maximum atomic E-state index is 12.2. The average molecular weight is 366 g/mol. The van der Waals surface area contributed by atoms with Crippen LogP contribution in [-0.2, 0) is 9.53 Å². The molecule has 1 aromatic carbocycles. The van der Waals surface area contributed by atoms with E-state index in [0.29, 0.717) is 10.7 Å². The van der Waals surface area contributed by atoms with Gasteiger partial charge in [-0.1, -0.05) is 6.07 Å². The summed E-state index contributed by atoms with van der Waals surface area (Å²) in [6, 6.07) is 6.83. The molecule has 0 fully saturated rings. The molecule has 0 N–H and O–H groups in total. The molecule has 130 valence electrons. The lowest BCUT2D eigenvalue weighted by Gasteiger charge is -2.08. The van der Waals surface area contributed by atoms with Gasteiger partial charge in [0.25, 0.3) is 0 Å². The fourth-order valence-electron chi connectivity index (χ4n) is 1.87. The van der Waals surface area contributed by atoms with Gasteiger partial charge in [0.2, 0.25) is 0 Å². The minimum Gasteiger partial charge on any atom is -0.454 e. The molecule has 6 nitrogen and oxygen atoms in total. The zero-order chi connectivity index (χ0) is 18.4. The average Bonchev–Trinajstić information content (AvgIpc) is 2.99. The molecule has 0 amide bonds. The molecule has 0 radical (unpaired) electrons. The summed E-state index contributed by atoms with van der Waals surface area (Å²) in [4.78, 5) is 28.1. The van der Waals surface area contributed by atoms with Crippen molar-refractivity contribution in [2.24, 2.45) is 0 Å². The Hall–Kier alpha value is -2.86. The van der Waals surface area contributed by atoms with Crippen LogP contribution < -0.4 is 4.74 Å². The quantitative estimate of drug-likeness (QED) is 0.700. The number of nitriles is 1. The first-order chi connectivity index (χ1) is 11.9. The Balaban J connectivity index is 1.99. The number of Topliss-reactive ketones (excluding diaryl/α,β-unsaturated/α-hetero) is 1. The molecule has 2 rings (SSSR count). The van der Waals surface area contributed by atoms with Crippen molar-refractivity contribution in [2.75, 3.05) is 6.61 Å². The van der Waals surface area contributed by atoms with Gasteiger partial charge in [0.1, 0.15) is 10.8 Å². The molecule has 0 spiro atoms. The second-order valence-corrected chi connectivity index (χ2v) is 5.73. The number of carbonyl (C=O) groups excluding carboxylic acids is 2. The Labute approximate surface area is 145 Å². The van der Waals surface area contributed by atoms with E-state index in [1.54, 1.807) is 12.3 Å². The lowest BCUT2D eigenvalue weighted by molar-refractivity contribution is -0.122. The Morgan fingerprint density at radius 2 is 2.16 bits per heavy atom. The van der Waals surface area contributed by atoms with Gasteiger partial charge in [-0.15, -0.1) is 11.3 Å². The number of nitrogens with zero attached hydrogens (tertiary/aromatic N) is 2. The number of alkyl halides is 2. The smallest absolute Gasteiger partial charge is 0.387 e. The number of rotatable bonds is 7. The van der Waals surface area contributed by atoms with Crippen LogP contribution in [0, 0.1) is 18.3 Å². The summed E-state index contributed by atoms with van der Waals surface area (Å²) in [5.74, 6) is -2.84. The number of aromatic nitrogens is 1. The highest BCUT2D eigenvalue weighted by atomic mass is 32.1. The van der Waals surface area contributed by atoms with E-state index in [9.17, 15) is 18.4 Å². The topological polar surface area (TPSA) is 89.3 Å². The zero-order valence-electron chi connectivity index (χ0n) is 12.9. The molecule has 0 aliphatic heterocycles. The van der Waals surface area contributed by atoms with Crippen LogP contribution in [0.3, 0.4) is 0 Å². The third kappa shape index (κ3) is 5.06. The van der Waals surface area contributed by atoms with Crippen molar-refractivity contribution in [2.45, 2.75) is 19.5 Å². The van der Waals surface area contributed by atoms with Gasteiger partial charge < -0.3 is 9.47 Å². The second-order valence-electron chi connectivity index (χ2n) is 4.84. The zero-order valence-corrected chi connectivity index (χ0v) is 13.8. The molecular weight excluding hydrogens is 354 g/mol. The molecular formula is C16H12F2N2O4S. The molecule has 0 saturated carbocycles. The molecule has 25 heavy (non-hydrogen) atoms. The van der Waals surface area contributed by atoms with Crippen molar-refractivity contribution < 1.29 is 27.8 Å². The largest absolute Gasteiger partial charge is 0.454 e. The number of esters is 1. The van der Waals surface area contributed by atoms with Gasteiger partial charge in [0, 0.05) is 11.1 Å². The van der Waals surface area contributed by atoms with Gasteiger partial charge in [-0.2, -0.15) is 14.0 Å². The van der Waals surface area contributed by atoms with E-state index in [0.717, 1.165) is 6.07 Å². The molecule has 1 aromatic heterocycles. The van der Waals surface area contributed by atoms with Crippen LogP contribution in [0.2, 0.25) is 0 Å². The van der Waals surface area contributed by atoms with Gasteiger partial charge in [0.15, 0.2) is 18.3 Å². The molecule has 0 unspecified atom stereocenters. The minimum atomic E-state index is -3.02. The molecule has 2 aromatic rings. The summed E-state index contributed by atoms with van der Waals surface area (Å²) < 4.78 is 33.4. The van der Waals surface area contributed by atoms with Crippen LogP contribution in [0.25, 0.3) is 0 Å². The Bertz CT molecular complexity index is 816. The highest BCUT2D eigenvalue weighted by Gasteiger charge is 2.24. The van der Waals surface area contributed by atoms with Crippen molar-refractivity contribution in [1.29, 1.82) is 5.26 Å². The molecule has 9 heteroatoms. The van der Waals surface area contributed by atoms with E-state index in [1.807, 2.05) is 6.07 Å². The van der Waals surface area contributed by atoms with E-state index in [1.165, 1.54) is 29.5 Å². The van der Waals surface area contributed by atoms with Gasteiger partial charge in [-0.3, -0.25) is 4.79 Å². The highest BCUT2D eigenvalue weighted by molar-refractivity contribution is 7.09. The lowest BCUT2D eigenvalue weighted by Crippen LogP contribution is -2.20. The van der Waals surface area contributed by atoms with Crippen molar-refractivity contribution in [3.63, 3.8) is 0 Å². The number of halogens is 2. The van der Waals surface area contributed by atoms with E-state index < -0.39 is 30.9 Å². The van der Waals surface area contributed by atoms with E-state index >= 15 is 0 Å². The minimum absolute atomic E-state index is 0.0513. The summed E-state index contributed by atoms with van der Waals surface area (Å²) in [7, 11) is 0. The number of benzene rings is 1. The highest BCUT2D eigenvalue weighted by Crippen LogP contribution is 2.21. The number of aryl methyl sites for hydroxylation is 1. The maximum Gasteiger partial charge on any atom is 0.387 e. The van der Waals surface area contributed by atoms with Gasteiger partial charge in [0.05, 0.1) is 11.6 Å². The van der Waals surface area contributed by atoms with Crippen molar-refractivity contribution >= 4 is 23.1 Å². The normalized spacial score (nSPS) is 11.6. The van der Waals surface area contributed by atoms with Crippen LogP contribution in [0.15, 0.2) is 29.6 Å². The standard InChI is InChI=1S/C16H12F2N2O4S/c1-9-8-25-14(20-9)12(6-19)13(21)7-23-15(22)10-3-2-4-11(5-10)24-16(17)18/h2-5,8,12,16H,7H2,1H3/t12-/m0/s1. The summed E-state index contributed by atoms with van der Waals surface area (Å²) >= 11 is 1.17. The van der Waals surface area contributed by atoms with Crippen molar-refractivity contribution in [3.8, 4) is 11.8 Å². The lowest BCUT2D eigenvalue weighted by atomic mass is 10.1. The van der Waals surface area contributed by atoms with Crippen molar-refractivity contribution in [3.05, 3.63) is 45.9 Å². The van der Waals surface area contributed by atoms with Gasteiger partial charge >= 0.3 is 12.6 Å². The summed E-state index contributed by atoms with van der Waals surface area (Å²) in [6.07, 6.45) is 0. The Morgan fingerprint density at radius 1 is 1.40 bits per heavy atom. The first-order valence-corrected chi connectivity index (χ1v) is 7.85. The van der Waals surface area contributed by atoms with Crippen molar-refractivity contribution in [1.82, 2.24) is 4.98 Å². The third-order valence-electron chi connectivity index (χ3n) is 2.98. The molecule has 0 aliphatic rings. The number of ether oxygens (including phenoxy) is 2. The van der Waals surface area contributed by atoms with Crippen LogP contribution in [0.1, 0.15) is 27.0 Å². The Morgan fingerprint density at radius 3 is 2.76 bits per heavy atom. The van der Waals surface area contributed by atoms with Gasteiger partial charge in [-0.05, 0) is 25.1 Å². The molecule has 0 saturated heterocycles. The second kappa shape index (κ2) is 8.30. The van der Waals surface area contributed by atoms with Crippen LogP contribution in [0.4, 0.5) is 8.78 Å². The summed E-state index contributed by atoms with van der Waals surface area (Å²) in [5, 5.41) is 11.2. The van der Waals surface area contributed by atoms with Crippen LogP contribution in [0.5, 0.6) is 5.75 Å². The fraction of sp³-hybridized carbons (Fsp3) is 0.250. The van der Waals surface area contributed by atoms with E-state index in [-0.39, 0.29) is 11.3 Å². The predicted octanol–water partition coefficient (Wildman–Crippen LogP) is 3.09. The van der Waals surface area contributed by atoms with E-state index in [2.05, 4.69) is 9.72 Å². The fourth-order valence-corrected chi connectivity index (χ4v) is 2.73. The van der Waals surface area contributed by atoms with E-state index in [4.69, 9.17) is 10.00 Å². The number of thiazole rings is 1. The number of carbonyl (C=O) groups is 2. The molecule has 0 aliphatic carbocycles. The molecule has 1 atom stereocenters. The molecule has 1 heterocycles. The third-order valence-corrected chi connectivity index (χ3v) is 4.00. The number of hydrogen-bond acceptors (Lipinski definition) is 7. The van der Waals surface area contributed by atoms with Crippen LogP contribution >= 0.6 is 11.3 Å². The first kappa shape index (κ1) is 18.5. The number of hydrogen-bond donors (Lipinski definition) is 0. The van der Waals surface area contributed by atoms with Crippen LogP contribution in [-0.4, -0.2) is 30.0 Å². The SMILES string of the molecule is Cc1csc([C@@H](C#N)C(=O)COC(=O)c2cccc(OC(F)F)c2)n1. The summed E-state index contributed by atoms with van der Waals surface area (Å²) in [6.45, 7) is -1.92. The predicted molar refractivity (Wildman–Crippen MR) is 83.6 cm³/mol. The molecule has 0 bridgehead atoms. The maximum absolute atomic E-state index is 12.2. The van der Waals surface area contributed by atoms with Gasteiger partial charge in [-0.25, -0.2) is 9.78 Å². The number of ketones is 1. The monoisotopic (exact) mass is 366 g/mol. The first-order valence-electron chi connectivity index (χ1n) is 6.97.